The fourth-order valence-corrected chi connectivity index (χ4v) is 11.5. The van der Waals surface area contributed by atoms with E-state index in [1.165, 1.54) is 115 Å². The molecule has 0 heterocycles. The topological polar surface area (TPSA) is 12.5 Å². The van der Waals surface area contributed by atoms with Gasteiger partial charge in [0.1, 0.15) is 5.75 Å². The zero-order chi connectivity index (χ0) is 61.8. The van der Waals surface area contributed by atoms with Crippen LogP contribution in [0.3, 0.4) is 0 Å². The van der Waals surface area contributed by atoms with Gasteiger partial charge in [-0.3, -0.25) is 0 Å². The van der Waals surface area contributed by atoms with Crippen molar-refractivity contribution in [3.63, 3.8) is 0 Å². The van der Waals surface area contributed by atoms with Gasteiger partial charge in [-0.15, -0.1) is 0 Å². The van der Waals surface area contributed by atoms with E-state index in [0.29, 0.717) is 5.92 Å². The molecule has 0 bridgehead atoms. The highest BCUT2D eigenvalue weighted by molar-refractivity contribution is 5.78. The number of nitrogens with zero attached hydrogens (tertiary/aromatic N) is 1. The second-order valence-corrected chi connectivity index (χ2v) is 24.5. The normalized spacial score (nSPS) is 13.1. The largest absolute Gasteiger partial charge is 0.493 e. The third-order valence-corrected chi connectivity index (χ3v) is 18.0. The van der Waals surface area contributed by atoms with E-state index in [1.807, 2.05) is 0 Å². The minimum absolute atomic E-state index is 0.0259. The van der Waals surface area contributed by atoms with Crippen molar-refractivity contribution in [2.45, 2.75) is 169 Å². The van der Waals surface area contributed by atoms with Crippen molar-refractivity contribution in [1.82, 2.24) is 0 Å². The lowest BCUT2D eigenvalue weighted by Crippen LogP contribution is -2.17. The van der Waals surface area contributed by atoms with Crippen LogP contribution in [-0.2, 0) is 23.7 Å². The summed E-state index contributed by atoms with van der Waals surface area (Å²) in [5, 5.41) is 0. The van der Waals surface area contributed by atoms with Gasteiger partial charge in [0.2, 0.25) is 0 Å². The van der Waals surface area contributed by atoms with Crippen LogP contribution in [0.5, 0.6) is 5.75 Å². The number of ether oxygens (including phenoxy) is 1. The maximum Gasteiger partial charge on any atom is 0.119 e. The lowest BCUT2D eigenvalue weighted by Gasteiger charge is -2.26. The van der Waals surface area contributed by atoms with Gasteiger partial charge < -0.3 is 9.64 Å². The minimum Gasteiger partial charge on any atom is -0.493 e. The van der Waals surface area contributed by atoms with Gasteiger partial charge in [-0.1, -0.05) is 270 Å². The quantitative estimate of drug-likeness (QED) is 0.0253. The van der Waals surface area contributed by atoms with E-state index in [-0.39, 0.29) is 10.8 Å². The Morgan fingerprint density at radius 1 is 0.409 bits per heavy atom. The van der Waals surface area contributed by atoms with Crippen molar-refractivity contribution in [3.8, 4) is 29.4 Å². The van der Waals surface area contributed by atoms with Crippen molar-refractivity contribution in [2.75, 3.05) is 11.5 Å². The molecule has 0 saturated heterocycles. The minimum atomic E-state index is -0.0744. The van der Waals surface area contributed by atoms with Crippen LogP contribution in [0.2, 0.25) is 0 Å². The van der Waals surface area contributed by atoms with Crippen LogP contribution < -0.4 is 9.64 Å². The molecule has 0 spiro atoms. The van der Waals surface area contributed by atoms with Crippen LogP contribution >= 0.6 is 0 Å². The summed E-state index contributed by atoms with van der Waals surface area (Å²) in [6.45, 7) is 19.1. The molecule has 0 radical (unpaired) electrons. The molecule has 0 aliphatic carbocycles. The molecule has 3 unspecified atom stereocenters. The first kappa shape index (κ1) is 65.7. The number of benzene rings is 8. The van der Waals surface area contributed by atoms with Crippen LogP contribution in [0.25, 0.3) is 24.3 Å². The van der Waals surface area contributed by atoms with Crippen molar-refractivity contribution in [3.05, 3.63) is 273 Å². The molecular weight excluding hydrogens is 1060 g/mol. The number of allylic oxidation sites excluding steroid dienone is 2. The second-order valence-electron chi connectivity index (χ2n) is 24.5. The van der Waals surface area contributed by atoms with Gasteiger partial charge in [0, 0.05) is 50.1 Å². The molecule has 0 aliphatic rings. The second kappa shape index (κ2) is 34.3. The molecule has 8 aromatic rings. The summed E-state index contributed by atoms with van der Waals surface area (Å²) in [6, 6.07) is 69.7. The van der Waals surface area contributed by atoms with E-state index in [1.54, 1.807) is 0 Å². The Morgan fingerprint density at radius 3 is 1.31 bits per heavy atom. The standard InChI is InChI=1S/C86H97NO/c1-9-15-18-24-31-75-66-78(62-64-86(8,14-6)79-33-26-21-27-34-79)76(32-25-19-16-10-2)65-77(75)50-43-71-38-35-70(36-39-71)37-41-73-46-53-81(54-47-73)87(83-57-59-84(60-58-83)88-67-68(12-4)28-17-11-3)82-55-48-74(49-56-82)42-40-72-44-51-80(52-45-72)85(7,13-5)63-61-69-29-22-20-23-30-69/h20-23,26-27,29-30,33-36,38-39,43-66,68H,9-19,24-25,28,31-32,67H2,1-8H3. The van der Waals surface area contributed by atoms with E-state index < -0.39 is 0 Å². The third-order valence-electron chi connectivity index (χ3n) is 18.0. The molecule has 3 atom stereocenters. The van der Waals surface area contributed by atoms with Gasteiger partial charge in [-0.05, 0) is 192 Å². The maximum absolute atomic E-state index is 6.37. The first-order chi connectivity index (χ1) is 43.0. The average Bonchev–Trinajstić information content (AvgIpc) is 2.82. The summed E-state index contributed by atoms with van der Waals surface area (Å²) in [5.74, 6) is 15.3. The van der Waals surface area contributed by atoms with Crippen molar-refractivity contribution in [2.24, 2.45) is 5.92 Å². The fraction of sp³-hybridized carbons (Fsp3) is 0.326. The predicted octanol–water partition coefficient (Wildman–Crippen LogP) is 23.7. The summed E-state index contributed by atoms with van der Waals surface area (Å²) >= 11 is 0. The zero-order valence-electron chi connectivity index (χ0n) is 54.4. The van der Waals surface area contributed by atoms with E-state index in [9.17, 15) is 0 Å². The van der Waals surface area contributed by atoms with Crippen LogP contribution in [-0.4, -0.2) is 6.61 Å². The molecule has 0 amide bonds. The summed E-state index contributed by atoms with van der Waals surface area (Å²) in [7, 11) is 0. The van der Waals surface area contributed by atoms with Crippen LogP contribution in [0.15, 0.2) is 206 Å². The molecule has 0 fully saturated rings. The lowest BCUT2D eigenvalue weighted by atomic mass is 9.79. The predicted molar refractivity (Wildman–Crippen MR) is 382 cm³/mol. The number of unbranched alkanes of at least 4 members (excludes halogenated alkanes) is 7. The van der Waals surface area contributed by atoms with E-state index in [2.05, 4.69) is 315 Å². The van der Waals surface area contributed by atoms with Crippen molar-refractivity contribution in [1.29, 1.82) is 0 Å². The number of aryl methyl sites for hydroxylation is 2. The van der Waals surface area contributed by atoms with Gasteiger partial charge in [-0.2, -0.15) is 0 Å². The highest BCUT2D eigenvalue weighted by atomic mass is 16.5. The van der Waals surface area contributed by atoms with Gasteiger partial charge in [-0.25, -0.2) is 0 Å². The first-order valence-corrected chi connectivity index (χ1v) is 33.4. The molecule has 2 nitrogen and oxygen atoms in total. The van der Waals surface area contributed by atoms with Crippen LogP contribution in [0.4, 0.5) is 17.1 Å². The molecule has 8 aromatic carbocycles. The smallest absolute Gasteiger partial charge is 0.119 e. The molecule has 8 rings (SSSR count). The number of hydrogen-bond acceptors (Lipinski definition) is 2. The Bertz CT molecular complexity index is 3580. The Labute approximate surface area is 532 Å². The highest BCUT2D eigenvalue weighted by Gasteiger charge is 2.23. The SMILES string of the molecule is CCCCCCc1cc(C=CC(C)(CC)c2ccccc2)c(CCCCCC)cc1C=Cc1ccc(C#Cc2ccc(N(c3ccc(C#Cc4ccc(C(C)(C=Cc5ccccc5)CC)cc4)cc3)c3ccc(OCC(CC)CCCC)cc3)cc2)cc1. The van der Waals surface area contributed by atoms with Gasteiger partial charge >= 0.3 is 0 Å². The lowest BCUT2D eigenvalue weighted by molar-refractivity contribution is 0.233. The Kier molecular flexibility index (Phi) is 25.6. The molecule has 0 aromatic heterocycles. The summed E-state index contributed by atoms with van der Waals surface area (Å²) in [5.41, 5.74) is 17.6. The highest BCUT2D eigenvalue weighted by Crippen LogP contribution is 2.37. The monoisotopic (exact) mass is 1160 g/mol. The van der Waals surface area contributed by atoms with E-state index >= 15 is 0 Å². The zero-order valence-corrected chi connectivity index (χ0v) is 54.4. The number of rotatable bonds is 30. The average molecular weight is 1160 g/mol. The number of anilines is 3. The van der Waals surface area contributed by atoms with Gasteiger partial charge in [0.15, 0.2) is 0 Å². The van der Waals surface area contributed by atoms with E-state index in [0.717, 1.165) is 83.8 Å². The van der Waals surface area contributed by atoms with Crippen LogP contribution in [0.1, 0.15) is 212 Å². The Balaban J connectivity index is 0.999. The maximum atomic E-state index is 6.37. The summed E-state index contributed by atoms with van der Waals surface area (Å²) in [4.78, 5) is 2.29. The molecule has 452 valence electrons. The van der Waals surface area contributed by atoms with Crippen molar-refractivity contribution >= 4 is 41.4 Å². The first-order valence-electron chi connectivity index (χ1n) is 33.4. The summed E-state index contributed by atoms with van der Waals surface area (Å²) < 4.78 is 6.37. The Morgan fingerprint density at radius 2 is 0.830 bits per heavy atom. The molecule has 0 aliphatic heterocycles. The molecule has 2 heteroatoms. The third kappa shape index (κ3) is 19.3. The Hall–Kier alpha value is -8.30. The van der Waals surface area contributed by atoms with E-state index in [4.69, 9.17) is 4.74 Å². The summed E-state index contributed by atoms with van der Waals surface area (Å²) in [6.07, 6.45) is 33.1. The van der Waals surface area contributed by atoms with Gasteiger partial charge in [0.25, 0.3) is 0 Å². The van der Waals surface area contributed by atoms with Crippen molar-refractivity contribution < 1.29 is 4.74 Å². The molecule has 0 N–H and O–H groups in total. The van der Waals surface area contributed by atoms with Crippen LogP contribution in [0, 0.1) is 29.6 Å². The van der Waals surface area contributed by atoms with Gasteiger partial charge in [0.05, 0.1) is 6.61 Å². The molecule has 88 heavy (non-hydrogen) atoms. The number of hydrogen-bond donors (Lipinski definition) is 0. The fourth-order valence-electron chi connectivity index (χ4n) is 11.5. The molecular formula is C86H97NO. The molecule has 0 saturated carbocycles.